The van der Waals surface area contributed by atoms with E-state index in [2.05, 4.69) is 34.5 Å². The number of piperidine rings is 1. The van der Waals surface area contributed by atoms with Crippen molar-refractivity contribution in [3.63, 3.8) is 0 Å². The van der Waals surface area contributed by atoms with Crippen molar-refractivity contribution in [2.75, 3.05) is 45.8 Å². The number of carbonyl (C=O) groups excluding carboxylic acids is 1. The third-order valence-corrected chi connectivity index (χ3v) is 8.32. The van der Waals surface area contributed by atoms with E-state index in [0.29, 0.717) is 36.2 Å². The van der Waals surface area contributed by atoms with Crippen LogP contribution in [0.25, 0.3) is 0 Å². The Balaban J connectivity index is 1.08. The number of hydrogen-bond acceptors (Lipinski definition) is 6. The average Bonchev–Trinajstić information content (AvgIpc) is 3.55. The summed E-state index contributed by atoms with van der Waals surface area (Å²) in [5.74, 6) is 3.38. The highest BCUT2D eigenvalue weighted by Gasteiger charge is 2.36. The summed E-state index contributed by atoms with van der Waals surface area (Å²) in [7, 11) is 0. The summed E-state index contributed by atoms with van der Waals surface area (Å²) in [6.07, 6.45) is 7.93. The van der Waals surface area contributed by atoms with Crippen LogP contribution in [-0.4, -0.2) is 72.4 Å². The van der Waals surface area contributed by atoms with Gasteiger partial charge in [0.25, 0.3) is 0 Å². The summed E-state index contributed by atoms with van der Waals surface area (Å²) in [6.45, 7) is 9.32. The minimum atomic E-state index is 0.240. The van der Waals surface area contributed by atoms with E-state index in [1.54, 1.807) is 6.07 Å². The number of fused-ring (bicyclic) bond motifs is 1. The molecular formula is C28H38N6O. The Labute approximate surface area is 209 Å². The summed E-state index contributed by atoms with van der Waals surface area (Å²) in [5.41, 5.74) is 6.75. The number of rotatable bonds is 7. The Morgan fingerprint density at radius 1 is 1.20 bits per heavy atom. The number of nitrogens with one attached hydrogen (secondary N) is 1. The zero-order valence-electron chi connectivity index (χ0n) is 21.0. The monoisotopic (exact) mass is 474 g/mol. The molecule has 1 amide bonds. The van der Waals surface area contributed by atoms with E-state index in [1.807, 2.05) is 23.1 Å². The van der Waals surface area contributed by atoms with E-state index in [0.717, 1.165) is 64.2 Å². The average molecular weight is 475 g/mol. The number of nitrogens with zero attached hydrogens (tertiary/aromatic N) is 5. The predicted molar refractivity (Wildman–Crippen MR) is 137 cm³/mol. The number of aryl methyl sites for hydroxylation is 1. The first-order valence-electron chi connectivity index (χ1n) is 13.4. The maximum atomic E-state index is 12.8. The normalized spacial score (nSPS) is 25.3. The summed E-state index contributed by atoms with van der Waals surface area (Å²) in [6, 6.07) is 9.76. The van der Waals surface area contributed by atoms with E-state index >= 15 is 0 Å². The minimum Gasteiger partial charge on any atom is -0.360 e. The van der Waals surface area contributed by atoms with Crippen molar-refractivity contribution < 1.29 is 4.79 Å². The molecule has 0 bridgehead atoms. The number of amidine groups is 1. The summed E-state index contributed by atoms with van der Waals surface area (Å²) in [5, 5.41) is 11.4. The Morgan fingerprint density at radius 2 is 2.06 bits per heavy atom. The van der Waals surface area contributed by atoms with Crippen LogP contribution in [0.15, 0.2) is 41.0 Å². The van der Waals surface area contributed by atoms with Gasteiger partial charge in [0.1, 0.15) is 5.84 Å². The molecule has 7 nitrogen and oxygen atoms in total. The van der Waals surface area contributed by atoms with Crippen LogP contribution in [0, 0.1) is 29.1 Å². The molecule has 0 saturated carbocycles. The lowest BCUT2D eigenvalue weighted by molar-refractivity contribution is -0.132. The van der Waals surface area contributed by atoms with Crippen molar-refractivity contribution in [1.82, 2.24) is 20.2 Å². The highest BCUT2D eigenvalue weighted by Crippen LogP contribution is 2.34. The number of nitriles is 1. The Bertz CT molecular complexity index is 1020. The van der Waals surface area contributed by atoms with Gasteiger partial charge in [0.05, 0.1) is 11.6 Å². The third-order valence-electron chi connectivity index (χ3n) is 8.32. The number of aliphatic imine (C=N–C) groups is 1. The molecule has 5 rings (SSSR count). The molecule has 0 aromatic heterocycles. The maximum Gasteiger partial charge on any atom is 0.222 e. The smallest absolute Gasteiger partial charge is 0.222 e. The molecule has 1 aromatic carbocycles. The standard InChI is InChI=1S/C28H38N6O/c1-2-34-20-26(18-31-34)25-15-24-10-13-33(28(24)30-17-25)19-22-8-11-32(12-9-22)27(35)7-6-21-4-3-5-23(14-21)16-29/h3-5,14,17,22,24,26,31H,2,6-13,15,18-20H2,1H3. The highest BCUT2D eigenvalue weighted by atomic mass is 16.2. The first-order valence-corrected chi connectivity index (χ1v) is 13.4. The highest BCUT2D eigenvalue weighted by molar-refractivity contribution is 5.88. The quantitative estimate of drug-likeness (QED) is 0.657. The summed E-state index contributed by atoms with van der Waals surface area (Å²) >= 11 is 0. The molecule has 1 aromatic rings. The van der Waals surface area contributed by atoms with Gasteiger partial charge in [-0.1, -0.05) is 19.1 Å². The third kappa shape index (κ3) is 5.60. The minimum absolute atomic E-state index is 0.240. The van der Waals surface area contributed by atoms with Crippen LogP contribution in [0.2, 0.25) is 0 Å². The van der Waals surface area contributed by atoms with E-state index < -0.39 is 0 Å². The lowest BCUT2D eigenvalue weighted by Crippen LogP contribution is -2.42. The van der Waals surface area contributed by atoms with Crippen molar-refractivity contribution in [1.29, 1.82) is 5.26 Å². The fourth-order valence-corrected chi connectivity index (χ4v) is 6.14. The van der Waals surface area contributed by atoms with Gasteiger partial charge in [0.2, 0.25) is 5.91 Å². The zero-order valence-corrected chi connectivity index (χ0v) is 21.0. The van der Waals surface area contributed by atoms with E-state index in [9.17, 15) is 4.79 Å². The zero-order chi connectivity index (χ0) is 24.2. The Morgan fingerprint density at radius 3 is 2.83 bits per heavy atom. The van der Waals surface area contributed by atoms with Gasteiger partial charge < -0.3 is 9.80 Å². The van der Waals surface area contributed by atoms with Crippen LogP contribution >= 0.6 is 0 Å². The molecule has 2 atom stereocenters. The van der Waals surface area contributed by atoms with Gasteiger partial charge in [-0.3, -0.25) is 10.2 Å². The predicted octanol–water partition coefficient (Wildman–Crippen LogP) is 3.19. The maximum absolute atomic E-state index is 12.8. The molecule has 4 heterocycles. The fraction of sp³-hybridized carbons (Fsp3) is 0.607. The molecule has 4 aliphatic rings. The Hall–Kier alpha value is -2.69. The van der Waals surface area contributed by atoms with Gasteiger partial charge in [-0.15, -0.1) is 0 Å². The number of carbonyl (C=O) groups is 1. The van der Waals surface area contributed by atoms with Gasteiger partial charge >= 0.3 is 0 Å². The van der Waals surface area contributed by atoms with Gasteiger partial charge in [0.15, 0.2) is 0 Å². The van der Waals surface area contributed by atoms with Crippen molar-refractivity contribution in [2.24, 2.45) is 22.7 Å². The SMILES string of the molecule is CCN1CC(C2=CN=C3C(CCN3CC3CCN(C(=O)CCc4cccc(C#N)c4)CC3)C2)CN1. The number of likely N-dealkylation sites (tertiary alicyclic amines) is 2. The molecule has 35 heavy (non-hydrogen) atoms. The van der Waals surface area contributed by atoms with Gasteiger partial charge in [-0.25, -0.2) is 10.0 Å². The van der Waals surface area contributed by atoms with E-state index in [4.69, 9.17) is 10.3 Å². The molecule has 0 spiro atoms. The van der Waals surface area contributed by atoms with Crippen molar-refractivity contribution in [3.05, 3.63) is 47.2 Å². The van der Waals surface area contributed by atoms with Gasteiger partial charge in [-0.2, -0.15) is 5.26 Å². The van der Waals surface area contributed by atoms with Crippen molar-refractivity contribution in [3.8, 4) is 6.07 Å². The molecule has 1 N–H and O–H groups in total. The first kappa shape index (κ1) is 24.0. The van der Waals surface area contributed by atoms with Crippen LogP contribution in [-0.2, 0) is 11.2 Å². The van der Waals surface area contributed by atoms with E-state index in [1.165, 1.54) is 24.3 Å². The molecule has 0 radical (unpaired) electrons. The molecular weight excluding hydrogens is 436 g/mol. The van der Waals surface area contributed by atoms with Gasteiger partial charge in [-0.05, 0) is 61.3 Å². The van der Waals surface area contributed by atoms with Crippen LogP contribution < -0.4 is 5.43 Å². The van der Waals surface area contributed by atoms with Crippen molar-refractivity contribution in [2.45, 2.75) is 45.4 Å². The van der Waals surface area contributed by atoms with Gasteiger partial charge in [0, 0.05) is 70.3 Å². The molecule has 0 aliphatic carbocycles. The number of hydrogen-bond donors (Lipinski definition) is 1. The Kier molecular flexibility index (Phi) is 7.50. The molecule has 186 valence electrons. The molecule has 4 aliphatic heterocycles. The molecule has 7 heteroatoms. The van der Waals surface area contributed by atoms with Crippen LogP contribution in [0.3, 0.4) is 0 Å². The summed E-state index contributed by atoms with van der Waals surface area (Å²) in [4.78, 5) is 22.3. The van der Waals surface area contributed by atoms with Crippen LogP contribution in [0.5, 0.6) is 0 Å². The molecule has 3 fully saturated rings. The topological polar surface area (TPSA) is 75.0 Å². The number of benzene rings is 1. The fourth-order valence-electron chi connectivity index (χ4n) is 6.14. The second kappa shape index (κ2) is 10.9. The number of amides is 1. The second-order valence-corrected chi connectivity index (χ2v) is 10.6. The van der Waals surface area contributed by atoms with Crippen LogP contribution in [0.1, 0.15) is 50.2 Å². The largest absolute Gasteiger partial charge is 0.360 e. The number of hydrazine groups is 1. The van der Waals surface area contributed by atoms with Crippen LogP contribution in [0.4, 0.5) is 0 Å². The lowest BCUT2D eigenvalue weighted by Gasteiger charge is -2.35. The first-order chi connectivity index (χ1) is 17.1. The van der Waals surface area contributed by atoms with Crippen molar-refractivity contribution >= 4 is 11.7 Å². The molecule has 3 saturated heterocycles. The summed E-state index contributed by atoms with van der Waals surface area (Å²) < 4.78 is 0. The second-order valence-electron chi connectivity index (χ2n) is 10.6. The van der Waals surface area contributed by atoms with E-state index in [-0.39, 0.29) is 5.91 Å². The lowest BCUT2D eigenvalue weighted by atomic mass is 9.88. The molecule has 2 unspecified atom stereocenters.